The van der Waals surface area contributed by atoms with Gasteiger partial charge in [-0.15, -0.1) is 0 Å². The second kappa shape index (κ2) is 7.22. The molecule has 2 heterocycles. The highest BCUT2D eigenvalue weighted by atomic mass is 16.6. The molecular formula is C18H19N5O5. The molecule has 1 aromatic carbocycles. The Morgan fingerprint density at radius 2 is 1.79 bits per heavy atom. The number of carbonyl (C=O) groups is 1. The molecular weight excluding hydrogens is 366 g/mol. The summed E-state index contributed by atoms with van der Waals surface area (Å²) in [5, 5.41) is 11.4. The molecule has 0 saturated carbocycles. The number of nitrogens with zero attached hydrogens (tertiary/aromatic N) is 5. The number of ketones is 1. The van der Waals surface area contributed by atoms with Crippen molar-refractivity contribution in [2.24, 2.45) is 14.1 Å². The van der Waals surface area contributed by atoms with Crippen LogP contribution in [0.3, 0.4) is 0 Å². The van der Waals surface area contributed by atoms with Crippen molar-refractivity contribution < 1.29 is 9.72 Å². The van der Waals surface area contributed by atoms with E-state index >= 15 is 0 Å². The molecule has 28 heavy (non-hydrogen) atoms. The maximum Gasteiger partial charge on any atom is 0.437 e. The molecule has 0 unspecified atom stereocenters. The highest BCUT2D eigenvalue weighted by molar-refractivity contribution is 5.96. The van der Waals surface area contributed by atoms with Crippen LogP contribution in [0, 0.1) is 10.1 Å². The second-order valence-corrected chi connectivity index (χ2v) is 6.50. The summed E-state index contributed by atoms with van der Waals surface area (Å²) >= 11 is 0. The summed E-state index contributed by atoms with van der Waals surface area (Å²) in [5.74, 6) is -1.05. The molecule has 0 saturated heterocycles. The summed E-state index contributed by atoms with van der Waals surface area (Å²) in [5.41, 5.74) is -0.242. The molecule has 0 bridgehead atoms. The van der Waals surface area contributed by atoms with Gasteiger partial charge < -0.3 is 10.1 Å². The van der Waals surface area contributed by atoms with Gasteiger partial charge in [0.15, 0.2) is 5.78 Å². The first-order chi connectivity index (χ1) is 13.3. The lowest BCUT2D eigenvalue weighted by atomic mass is 10.1. The highest BCUT2D eigenvalue weighted by Crippen LogP contribution is 2.19. The number of nitro groups is 1. The minimum Gasteiger partial charge on any atom is -0.390 e. The van der Waals surface area contributed by atoms with E-state index in [1.165, 1.54) is 14.1 Å². The summed E-state index contributed by atoms with van der Waals surface area (Å²) in [7, 11) is 2.63. The number of benzene rings is 1. The minimum atomic E-state index is -0.776. The number of carbonyl (C=O) groups excluding carboxylic acids is 1. The quantitative estimate of drug-likeness (QED) is 0.357. The Bertz CT molecular complexity index is 1200. The van der Waals surface area contributed by atoms with Gasteiger partial charge in [0.2, 0.25) is 5.65 Å². The molecule has 10 nitrogen and oxygen atoms in total. The van der Waals surface area contributed by atoms with Crippen molar-refractivity contribution in [1.29, 1.82) is 0 Å². The van der Waals surface area contributed by atoms with Crippen molar-refractivity contribution in [3.63, 3.8) is 0 Å². The van der Waals surface area contributed by atoms with E-state index in [0.717, 1.165) is 32.1 Å². The lowest BCUT2D eigenvalue weighted by molar-refractivity contribution is -0.396. The number of fused-ring (bicyclic) bond motifs is 1. The molecule has 2 aromatic heterocycles. The van der Waals surface area contributed by atoms with E-state index in [0.29, 0.717) is 5.56 Å². The molecule has 0 N–H and O–H groups in total. The maximum absolute atomic E-state index is 12.7. The number of imidazole rings is 1. The number of hydrogen-bond acceptors (Lipinski definition) is 6. The van der Waals surface area contributed by atoms with Gasteiger partial charge >= 0.3 is 17.2 Å². The minimum absolute atomic E-state index is 0.0595. The van der Waals surface area contributed by atoms with Crippen LogP contribution in [0.1, 0.15) is 29.3 Å². The van der Waals surface area contributed by atoms with Gasteiger partial charge in [-0.05, 0) is 16.9 Å². The van der Waals surface area contributed by atoms with Gasteiger partial charge in [0.25, 0.3) is 5.52 Å². The van der Waals surface area contributed by atoms with E-state index in [4.69, 9.17) is 0 Å². The highest BCUT2D eigenvalue weighted by Gasteiger charge is 2.29. The lowest BCUT2D eigenvalue weighted by Crippen LogP contribution is -2.37. The van der Waals surface area contributed by atoms with Gasteiger partial charge in [0.1, 0.15) is 6.54 Å². The molecule has 0 radical (unpaired) electrons. The summed E-state index contributed by atoms with van der Waals surface area (Å²) in [4.78, 5) is 51.7. The summed E-state index contributed by atoms with van der Waals surface area (Å²) in [6.45, 7) is 1.64. The molecule has 0 atom stereocenters. The van der Waals surface area contributed by atoms with E-state index < -0.39 is 34.4 Å². The van der Waals surface area contributed by atoms with Crippen LogP contribution in [0.15, 0.2) is 33.9 Å². The molecule has 0 fully saturated rings. The first-order valence-electron chi connectivity index (χ1n) is 8.69. The number of hydrogen-bond donors (Lipinski definition) is 0. The molecule has 0 aliphatic rings. The van der Waals surface area contributed by atoms with Gasteiger partial charge in [-0.3, -0.25) is 18.7 Å². The maximum atomic E-state index is 12.7. The Morgan fingerprint density at radius 3 is 2.36 bits per heavy atom. The van der Waals surface area contributed by atoms with Gasteiger partial charge in [0.05, 0.1) is 0 Å². The third kappa shape index (κ3) is 3.13. The van der Waals surface area contributed by atoms with Crippen LogP contribution < -0.4 is 11.2 Å². The second-order valence-electron chi connectivity index (χ2n) is 6.50. The zero-order chi connectivity index (χ0) is 20.6. The molecule has 3 aromatic rings. The zero-order valence-electron chi connectivity index (χ0n) is 15.7. The monoisotopic (exact) mass is 385 g/mol. The Labute approximate surface area is 158 Å². The smallest absolute Gasteiger partial charge is 0.390 e. The standard InChI is InChI=1S/C18H19N5O5/c1-4-5-11-6-8-12(9-7-11)13(24)10-22-15-14(19-17(22)23(27)28)16(25)21(3)18(26)20(15)2/h6-9H,4-5,10H2,1-3H3. The van der Waals surface area contributed by atoms with Crippen molar-refractivity contribution in [1.82, 2.24) is 18.7 Å². The van der Waals surface area contributed by atoms with Crippen LogP contribution in [0.25, 0.3) is 11.2 Å². The van der Waals surface area contributed by atoms with Crippen molar-refractivity contribution in [3.8, 4) is 0 Å². The Balaban J connectivity index is 2.13. The van der Waals surface area contributed by atoms with E-state index in [9.17, 15) is 24.5 Å². The van der Waals surface area contributed by atoms with Gasteiger partial charge in [0, 0.05) is 19.7 Å². The predicted octanol–water partition coefficient (Wildman–Crippen LogP) is 1.18. The van der Waals surface area contributed by atoms with Gasteiger partial charge in [-0.1, -0.05) is 42.6 Å². The molecule has 0 aliphatic carbocycles. The third-order valence-corrected chi connectivity index (χ3v) is 4.60. The SMILES string of the molecule is CCCc1ccc(C(=O)Cn2c([N+](=O)[O-])nc3c(=O)n(C)c(=O)n(C)c32)cc1. The van der Waals surface area contributed by atoms with Crippen molar-refractivity contribution in [2.75, 3.05) is 0 Å². The summed E-state index contributed by atoms with van der Waals surface area (Å²) < 4.78 is 2.90. The topological polar surface area (TPSA) is 122 Å². The van der Waals surface area contributed by atoms with E-state index in [1.54, 1.807) is 12.1 Å². The Kier molecular flexibility index (Phi) is 4.95. The van der Waals surface area contributed by atoms with E-state index in [2.05, 4.69) is 11.9 Å². The molecule has 3 rings (SSSR count). The predicted molar refractivity (Wildman–Crippen MR) is 102 cm³/mol. The average Bonchev–Trinajstić information content (AvgIpc) is 3.05. The molecule has 0 spiro atoms. The van der Waals surface area contributed by atoms with Crippen LogP contribution in [0.4, 0.5) is 5.95 Å². The fourth-order valence-corrected chi connectivity index (χ4v) is 3.14. The largest absolute Gasteiger partial charge is 0.437 e. The van der Waals surface area contributed by atoms with Crippen molar-refractivity contribution in [2.45, 2.75) is 26.3 Å². The Morgan fingerprint density at radius 1 is 1.14 bits per heavy atom. The average molecular weight is 385 g/mol. The number of Topliss-reactive ketones (excluding diaryl/α,β-unsaturated/α-hetero) is 1. The summed E-state index contributed by atoms with van der Waals surface area (Å²) in [6.07, 6.45) is 1.86. The number of aromatic nitrogens is 4. The third-order valence-electron chi connectivity index (χ3n) is 4.60. The van der Waals surface area contributed by atoms with E-state index in [1.807, 2.05) is 12.1 Å². The van der Waals surface area contributed by atoms with Crippen LogP contribution in [-0.2, 0) is 27.1 Å². The van der Waals surface area contributed by atoms with E-state index in [-0.39, 0.29) is 11.2 Å². The fourth-order valence-electron chi connectivity index (χ4n) is 3.14. The van der Waals surface area contributed by atoms with Crippen LogP contribution >= 0.6 is 0 Å². The number of aryl methyl sites for hydroxylation is 2. The molecule has 0 amide bonds. The first-order valence-corrected chi connectivity index (χ1v) is 8.69. The number of rotatable bonds is 6. The molecule has 146 valence electrons. The molecule has 10 heteroatoms. The van der Waals surface area contributed by atoms with Crippen LogP contribution in [0.5, 0.6) is 0 Å². The van der Waals surface area contributed by atoms with Crippen molar-refractivity contribution in [3.05, 3.63) is 66.3 Å². The summed E-state index contributed by atoms with van der Waals surface area (Å²) in [6, 6.07) is 7.00. The lowest BCUT2D eigenvalue weighted by Gasteiger charge is -2.06. The van der Waals surface area contributed by atoms with Crippen molar-refractivity contribution >= 4 is 22.9 Å². The zero-order valence-corrected chi connectivity index (χ0v) is 15.7. The fraction of sp³-hybridized carbons (Fsp3) is 0.333. The van der Waals surface area contributed by atoms with Gasteiger partial charge in [-0.25, -0.2) is 4.79 Å². The van der Waals surface area contributed by atoms with Gasteiger partial charge in [-0.2, -0.15) is 4.57 Å². The van der Waals surface area contributed by atoms with Crippen LogP contribution in [-0.4, -0.2) is 29.4 Å². The normalized spacial score (nSPS) is 11.1. The Hall–Kier alpha value is -3.56. The first kappa shape index (κ1) is 19.2. The van der Waals surface area contributed by atoms with Crippen LogP contribution in [0.2, 0.25) is 0 Å². The molecule has 0 aliphatic heterocycles.